The summed E-state index contributed by atoms with van der Waals surface area (Å²) in [7, 11) is 0. The number of benzene rings is 1. The van der Waals surface area contributed by atoms with E-state index in [9.17, 15) is 4.79 Å². The topological polar surface area (TPSA) is 82.9 Å². The lowest BCUT2D eigenvalue weighted by molar-refractivity contribution is 0.0198. The molecular weight excluding hydrogens is 482 g/mol. The van der Waals surface area contributed by atoms with Crippen LogP contribution in [0.2, 0.25) is 0 Å². The zero-order valence-corrected chi connectivity index (χ0v) is 19.6. The lowest BCUT2D eigenvalue weighted by Crippen LogP contribution is -2.56. The number of piperidine rings is 1. The van der Waals surface area contributed by atoms with Crippen LogP contribution in [0, 0.1) is 0 Å². The second kappa shape index (κ2) is 8.39. The molecule has 2 fully saturated rings. The van der Waals surface area contributed by atoms with Crippen molar-refractivity contribution in [3.05, 3.63) is 65.3 Å². The Kier molecular flexibility index (Phi) is 5.22. The summed E-state index contributed by atoms with van der Waals surface area (Å²) in [6.07, 6.45) is 9.49. The van der Waals surface area contributed by atoms with E-state index in [4.69, 9.17) is 0 Å². The smallest absolute Gasteiger partial charge is 0.253 e. The van der Waals surface area contributed by atoms with Crippen molar-refractivity contribution >= 4 is 32.9 Å². The molecule has 33 heavy (non-hydrogen) atoms. The maximum absolute atomic E-state index is 12.8. The zero-order chi connectivity index (χ0) is 22.4. The van der Waals surface area contributed by atoms with Crippen molar-refractivity contribution in [2.75, 3.05) is 26.2 Å². The zero-order valence-electron chi connectivity index (χ0n) is 18.1. The number of hydrogen-bond donors (Lipinski definition) is 1. The van der Waals surface area contributed by atoms with Crippen molar-refractivity contribution in [3.63, 3.8) is 0 Å². The summed E-state index contributed by atoms with van der Waals surface area (Å²) in [5.41, 5.74) is 3.51. The van der Waals surface area contributed by atoms with Crippen molar-refractivity contribution in [1.82, 2.24) is 34.5 Å². The number of rotatable bonds is 4. The predicted molar refractivity (Wildman–Crippen MR) is 129 cm³/mol. The van der Waals surface area contributed by atoms with E-state index < -0.39 is 0 Å². The number of hydrogen-bond acceptors (Lipinski definition) is 5. The van der Waals surface area contributed by atoms with E-state index in [-0.39, 0.29) is 5.91 Å². The number of fused-ring (bicyclic) bond motifs is 1. The van der Waals surface area contributed by atoms with Crippen molar-refractivity contribution < 1.29 is 4.79 Å². The third-order valence-corrected chi connectivity index (χ3v) is 7.33. The molecule has 6 rings (SSSR count). The fourth-order valence-electron chi connectivity index (χ4n) is 4.95. The number of aromatic amines is 1. The lowest BCUT2D eigenvalue weighted by atomic mass is 9.97. The third-order valence-electron chi connectivity index (χ3n) is 6.83. The molecule has 1 N–H and O–H groups in total. The number of H-pyrrole nitrogens is 1. The van der Waals surface area contributed by atoms with Crippen LogP contribution in [0.25, 0.3) is 22.3 Å². The van der Waals surface area contributed by atoms with Gasteiger partial charge in [0.2, 0.25) is 0 Å². The Labute approximate surface area is 199 Å². The molecule has 2 aliphatic heterocycles. The minimum atomic E-state index is 0.126. The fourth-order valence-corrected chi connectivity index (χ4v) is 5.35. The number of halogens is 1. The van der Waals surface area contributed by atoms with Crippen LogP contribution in [0.1, 0.15) is 29.2 Å². The number of aromatic nitrogens is 5. The minimum Gasteiger partial charge on any atom is -0.346 e. The van der Waals surface area contributed by atoms with Gasteiger partial charge in [-0.25, -0.2) is 9.97 Å². The Hall–Kier alpha value is -3.04. The monoisotopic (exact) mass is 505 g/mol. The predicted octanol–water partition coefficient (Wildman–Crippen LogP) is 3.75. The van der Waals surface area contributed by atoms with Crippen LogP contribution in [0.3, 0.4) is 0 Å². The van der Waals surface area contributed by atoms with Crippen LogP contribution in [-0.2, 0) is 0 Å². The van der Waals surface area contributed by atoms with Crippen molar-refractivity contribution in [2.24, 2.45) is 0 Å². The van der Waals surface area contributed by atoms with E-state index in [1.807, 2.05) is 47.6 Å². The van der Waals surface area contributed by atoms with E-state index >= 15 is 0 Å². The molecule has 0 spiro atoms. The van der Waals surface area contributed by atoms with Gasteiger partial charge >= 0.3 is 0 Å². The maximum atomic E-state index is 12.8. The van der Waals surface area contributed by atoms with Crippen LogP contribution < -0.4 is 0 Å². The lowest BCUT2D eigenvalue weighted by Gasteiger charge is -2.47. The van der Waals surface area contributed by atoms with Crippen LogP contribution in [0.15, 0.2) is 59.7 Å². The number of likely N-dealkylation sites (tertiary alicyclic amines) is 2. The van der Waals surface area contributed by atoms with E-state index in [0.29, 0.717) is 12.1 Å². The molecule has 168 valence electrons. The van der Waals surface area contributed by atoms with Gasteiger partial charge in [-0.1, -0.05) is 22.0 Å². The third kappa shape index (κ3) is 3.85. The summed E-state index contributed by atoms with van der Waals surface area (Å²) in [6, 6.07) is 10.6. The Balaban J connectivity index is 1.05. The molecule has 1 amide bonds. The first-order valence-corrected chi connectivity index (χ1v) is 12.1. The van der Waals surface area contributed by atoms with Crippen LogP contribution in [-0.4, -0.2) is 72.7 Å². The molecule has 3 aromatic heterocycles. The largest absolute Gasteiger partial charge is 0.346 e. The van der Waals surface area contributed by atoms with Crippen molar-refractivity contribution in [3.8, 4) is 11.3 Å². The van der Waals surface area contributed by atoms with Crippen LogP contribution >= 0.6 is 15.9 Å². The van der Waals surface area contributed by atoms with Gasteiger partial charge in [0, 0.05) is 65.6 Å². The maximum Gasteiger partial charge on any atom is 0.253 e. The second-order valence-corrected chi connectivity index (χ2v) is 9.73. The fraction of sp³-hybridized carbons (Fsp3) is 0.333. The molecule has 0 aliphatic carbocycles. The van der Waals surface area contributed by atoms with Crippen LogP contribution in [0.5, 0.6) is 0 Å². The first-order valence-electron chi connectivity index (χ1n) is 11.3. The van der Waals surface area contributed by atoms with Gasteiger partial charge in [0.25, 0.3) is 5.91 Å². The van der Waals surface area contributed by atoms with Gasteiger partial charge in [0.15, 0.2) is 0 Å². The quantitative estimate of drug-likeness (QED) is 0.456. The standard InChI is InChI=1S/C24H24BrN7O/c25-18-3-1-2-16(10-18)24(33)30-8-5-19(6-9-30)31-13-20(14-31)32-12-17(11-29-32)22-21-4-7-26-23(21)28-15-27-22/h1-4,7,10-12,15,19-20H,5-6,8-9,13-14H2,(H,26,27,28). The Morgan fingerprint density at radius 2 is 1.94 bits per heavy atom. The first-order chi connectivity index (χ1) is 16.2. The van der Waals surface area contributed by atoms with Gasteiger partial charge in [-0.3, -0.25) is 14.4 Å². The molecule has 0 radical (unpaired) electrons. The van der Waals surface area contributed by atoms with Gasteiger partial charge in [-0.15, -0.1) is 0 Å². The summed E-state index contributed by atoms with van der Waals surface area (Å²) < 4.78 is 3.01. The molecule has 5 heterocycles. The highest BCUT2D eigenvalue weighted by atomic mass is 79.9. The summed E-state index contributed by atoms with van der Waals surface area (Å²) in [6.45, 7) is 3.61. The average Bonchev–Trinajstić information content (AvgIpc) is 3.48. The second-order valence-electron chi connectivity index (χ2n) is 8.81. The molecule has 2 saturated heterocycles. The minimum absolute atomic E-state index is 0.126. The highest BCUT2D eigenvalue weighted by Gasteiger charge is 2.36. The molecule has 0 unspecified atom stereocenters. The molecule has 8 nitrogen and oxygen atoms in total. The van der Waals surface area contributed by atoms with Crippen molar-refractivity contribution in [2.45, 2.75) is 24.9 Å². The Bertz CT molecular complexity index is 1300. The highest BCUT2D eigenvalue weighted by Crippen LogP contribution is 2.30. The normalized spacial score (nSPS) is 18.0. The first kappa shape index (κ1) is 20.6. The molecule has 9 heteroatoms. The van der Waals surface area contributed by atoms with Gasteiger partial charge in [0.05, 0.1) is 17.9 Å². The van der Waals surface area contributed by atoms with E-state index in [1.54, 1.807) is 6.33 Å². The van der Waals surface area contributed by atoms with Gasteiger partial charge < -0.3 is 9.88 Å². The van der Waals surface area contributed by atoms with E-state index in [1.165, 1.54) is 0 Å². The summed E-state index contributed by atoms with van der Waals surface area (Å²) in [5, 5.41) is 5.63. The average molecular weight is 506 g/mol. The number of carbonyl (C=O) groups is 1. The number of carbonyl (C=O) groups excluding carboxylic acids is 1. The molecule has 4 aromatic rings. The molecule has 0 saturated carbocycles. The van der Waals surface area contributed by atoms with E-state index in [0.717, 1.165) is 71.3 Å². The molecule has 0 atom stereocenters. The molecule has 0 bridgehead atoms. The summed E-state index contributed by atoms with van der Waals surface area (Å²) in [5.74, 6) is 0.126. The molecule has 2 aliphatic rings. The van der Waals surface area contributed by atoms with Gasteiger partial charge in [-0.05, 0) is 37.1 Å². The summed E-state index contributed by atoms with van der Waals surface area (Å²) >= 11 is 3.46. The SMILES string of the molecule is O=C(c1cccc(Br)c1)N1CCC(N2CC(n3cc(-c4ncnc5[nH]ccc45)cn3)C2)CC1. The van der Waals surface area contributed by atoms with Crippen molar-refractivity contribution in [1.29, 1.82) is 0 Å². The van der Waals surface area contributed by atoms with E-state index in [2.05, 4.69) is 51.8 Å². The Morgan fingerprint density at radius 1 is 1.09 bits per heavy atom. The van der Waals surface area contributed by atoms with Gasteiger partial charge in [0.1, 0.15) is 12.0 Å². The summed E-state index contributed by atoms with van der Waals surface area (Å²) in [4.78, 5) is 29.2. The Morgan fingerprint density at radius 3 is 2.76 bits per heavy atom. The number of amides is 1. The van der Waals surface area contributed by atoms with Gasteiger partial charge in [-0.2, -0.15) is 5.10 Å². The molecular formula is C24H24BrN7O. The number of nitrogens with one attached hydrogen (secondary N) is 1. The highest BCUT2D eigenvalue weighted by molar-refractivity contribution is 9.10. The molecule has 1 aromatic carbocycles. The van der Waals surface area contributed by atoms with Crippen LogP contribution in [0.4, 0.5) is 0 Å². The number of nitrogens with zero attached hydrogens (tertiary/aromatic N) is 6.